The molecule has 5 nitrogen and oxygen atoms in total. The van der Waals surface area contributed by atoms with Gasteiger partial charge in [0, 0.05) is 22.6 Å². The first-order chi connectivity index (χ1) is 14.4. The van der Waals surface area contributed by atoms with Crippen molar-refractivity contribution in [2.45, 2.75) is 53.1 Å². The van der Waals surface area contributed by atoms with E-state index in [1.165, 1.54) is 35.1 Å². The zero-order valence-corrected chi connectivity index (χ0v) is 19.0. The second-order valence-electron chi connectivity index (χ2n) is 7.58. The lowest BCUT2D eigenvalue weighted by atomic mass is 9.96. The summed E-state index contributed by atoms with van der Waals surface area (Å²) in [5.41, 5.74) is 5.57. The molecule has 1 aliphatic carbocycles. The van der Waals surface area contributed by atoms with Crippen LogP contribution in [0.2, 0.25) is 0 Å². The van der Waals surface area contributed by atoms with E-state index in [9.17, 15) is 9.59 Å². The third-order valence-corrected chi connectivity index (χ3v) is 7.39. The number of amides is 1. The second-order valence-corrected chi connectivity index (χ2v) is 9.38. The highest BCUT2D eigenvalue weighted by Crippen LogP contribution is 2.32. The summed E-state index contributed by atoms with van der Waals surface area (Å²) in [5.74, 6) is -0.400. The van der Waals surface area contributed by atoms with Gasteiger partial charge in [0.15, 0.2) is 5.13 Å². The minimum absolute atomic E-state index is 0.0959. The molecule has 1 aromatic carbocycles. The zero-order chi connectivity index (χ0) is 21.3. The van der Waals surface area contributed by atoms with Gasteiger partial charge in [0.1, 0.15) is 6.61 Å². The molecule has 0 aliphatic heterocycles. The van der Waals surface area contributed by atoms with Gasteiger partial charge in [-0.15, -0.1) is 22.7 Å². The molecule has 3 aromatic rings. The first-order valence-corrected chi connectivity index (χ1v) is 11.8. The molecule has 7 heteroatoms. The van der Waals surface area contributed by atoms with Crippen molar-refractivity contribution in [3.8, 4) is 0 Å². The fraction of sp³-hybridized carbons (Fsp3) is 0.348. The van der Waals surface area contributed by atoms with Gasteiger partial charge in [-0.25, -0.2) is 9.78 Å². The number of aryl methyl sites for hydroxylation is 3. The van der Waals surface area contributed by atoms with E-state index in [1.807, 2.05) is 42.8 Å². The van der Waals surface area contributed by atoms with Crippen LogP contribution in [0.5, 0.6) is 0 Å². The summed E-state index contributed by atoms with van der Waals surface area (Å²) in [7, 11) is 0. The molecule has 0 radical (unpaired) electrons. The molecule has 1 aliphatic rings. The molecule has 0 unspecified atom stereocenters. The number of hydrogen-bond donors (Lipinski definition) is 0. The number of rotatable bonds is 5. The molecule has 2 heterocycles. The number of carbonyl (C=O) groups is 2. The minimum Gasteiger partial charge on any atom is -0.456 e. The maximum atomic E-state index is 12.6. The van der Waals surface area contributed by atoms with Gasteiger partial charge in [-0.2, -0.15) is 0 Å². The first-order valence-electron chi connectivity index (χ1n) is 10.0. The van der Waals surface area contributed by atoms with Crippen LogP contribution in [0.25, 0.3) is 0 Å². The molecule has 2 aromatic heterocycles. The molecule has 0 bridgehead atoms. The predicted molar refractivity (Wildman–Crippen MR) is 121 cm³/mol. The predicted octanol–water partition coefficient (Wildman–Crippen LogP) is 5.74. The van der Waals surface area contributed by atoms with Crippen LogP contribution in [0.15, 0.2) is 29.0 Å². The van der Waals surface area contributed by atoms with Crippen molar-refractivity contribution in [2.75, 3.05) is 4.90 Å². The number of thiophene rings is 1. The molecular formula is C23H24N2O3S2. The SMILES string of the molecule is CC(=O)N(c1ccc(C)c(C)c1)c1nc(COC(=O)c2csc3c2CCCC3)cs1. The number of hydrogen-bond acceptors (Lipinski definition) is 6. The molecule has 4 rings (SSSR count). The molecule has 30 heavy (non-hydrogen) atoms. The number of benzene rings is 1. The molecule has 0 atom stereocenters. The van der Waals surface area contributed by atoms with Gasteiger partial charge >= 0.3 is 5.97 Å². The van der Waals surface area contributed by atoms with Gasteiger partial charge < -0.3 is 4.74 Å². The van der Waals surface area contributed by atoms with Crippen molar-refractivity contribution >= 4 is 45.4 Å². The Hall–Kier alpha value is -2.51. The van der Waals surface area contributed by atoms with Crippen molar-refractivity contribution in [3.63, 3.8) is 0 Å². The summed E-state index contributed by atoms with van der Waals surface area (Å²) < 4.78 is 5.54. The molecule has 1 amide bonds. The zero-order valence-electron chi connectivity index (χ0n) is 17.4. The van der Waals surface area contributed by atoms with Crippen molar-refractivity contribution < 1.29 is 14.3 Å². The molecule has 0 N–H and O–H groups in total. The monoisotopic (exact) mass is 440 g/mol. The Kier molecular flexibility index (Phi) is 6.01. The largest absolute Gasteiger partial charge is 0.456 e. The van der Waals surface area contributed by atoms with Gasteiger partial charge in [-0.1, -0.05) is 6.07 Å². The summed E-state index contributed by atoms with van der Waals surface area (Å²) >= 11 is 3.02. The maximum Gasteiger partial charge on any atom is 0.339 e. The van der Waals surface area contributed by atoms with Crippen molar-refractivity contribution in [1.82, 2.24) is 4.98 Å². The quantitative estimate of drug-likeness (QED) is 0.475. The van der Waals surface area contributed by atoms with E-state index in [0.717, 1.165) is 36.1 Å². The smallest absolute Gasteiger partial charge is 0.339 e. The average Bonchev–Trinajstić information content (AvgIpc) is 3.36. The highest BCUT2D eigenvalue weighted by Gasteiger charge is 2.22. The Morgan fingerprint density at radius 3 is 2.67 bits per heavy atom. The van der Waals surface area contributed by atoms with E-state index in [1.54, 1.807) is 16.2 Å². The lowest BCUT2D eigenvalue weighted by Crippen LogP contribution is -2.22. The summed E-state index contributed by atoms with van der Waals surface area (Å²) in [6, 6.07) is 5.90. The van der Waals surface area contributed by atoms with Crippen LogP contribution in [0, 0.1) is 13.8 Å². The van der Waals surface area contributed by atoms with Crippen LogP contribution in [0.3, 0.4) is 0 Å². The average molecular weight is 441 g/mol. The van der Waals surface area contributed by atoms with Crippen molar-refractivity contribution in [1.29, 1.82) is 0 Å². The minimum atomic E-state index is -0.290. The molecule has 156 valence electrons. The first kappa shape index (κ1) is 20.8. The van der Waals surface area contributed by atoms with Gasteiger partial charge in [0.25, 0.3) is 0 Å². The van der Waals surface area contributed by atoms with E-state index in [2.05, 4.69) is 4.98 Å². The number of esters is 1. The van der Waals surface area contributed by atoms with E-state index in [-0.39, 0.29) is 18.5 Å². The summed E-state index contributed by atoms with van der Waals surface area (Å²) in [6.45, 7) is 5.68. The normalized spacial score (nSPS) is 13.0. The molecule has 0 spiro atoms. The molecular weight excluding hydrogens is 416 g/mol. The van der Waals surface area contributed by atoms with E-state index in [0.29, 0.717) is 16.4 Å². The third-order valence-electron chi connectivity index (χ3n) is 5.43. The lowest BCUT2D eigenvalue weighted by Gasteiger charge is -2.19. The summed E-state index contributed by atoms with van der Waals surface area (Å²) in [5, 5.41) is 4.33. The van der Waals surface area contributed by atoms with E-state index < -0.39 is 0 Å². The highest BCUT2D eigenvalue weighted by atomic mass is 32.1. The van der Waals surface area contributed by atoms with Crippen LogP contribution >= 0.6 is 22.7 Å². The number of fused-ring (bicyclic) bond motifs is 1. The van der Waals surface area contributed by atoms with Crippen molar-refractivity contribution in [2.24, 2.45) is 0 Å². The van der Waals surface area contributed by atoms with Crippen LogP contribution in [0.1, 0.15) is 57.4 Å². The van der Waals surface area contributed by atoms with Crippen LogP contribution in [0.4, 0.5) is 10.8 Å². The van der Waals surface area contributed by atoms with Crippen LogP contribution < -0.4 is 4.90 Å². The number of anilines is 2. The van der Waals surface area contributed by atoms with E-state index >= 15 is 0 Å². The Bertz CT molecular complexity index is 1100. The number of aromatic nitrogens is 1. The van der Waals surface area contributed by atoms with Crippen LogP contribution in [-0.4, -0.2) is 16.9 Å². The van der Waals surface area contributed by atoms with Crippen molar-refractivity contribution in [3.05, 3.63) is 61.8 Å². The fourth-order valence-electron chi connectivity index (χ4n) is 3.64. The fourth-order valence-corrected chi connectivity index (χ4v) is 5.63. The van der Waals surface area contributed by atoms with Gasteiger partial charge in [-0.3, -0.25) is 9.69 Å². The maximum absolute atomic E-state index is 12.6. The van der Waals surface area contributed by atoms with Gasteiger partial charge in [0.2, 0.25) is 5.91 Å². The van der Waals surface area contributed by atoms with Gasteiger partial charge in [-0.05, 0) is 68.4 Å². The lowest BCUT2D eigenvalue weighted by molar-refractivity contribution is -0.115. The number of nitrogens with zero attached hydrogens (tertiary/aromatic N) is 2. The number of carbonyl (C=O) groups excluding carboxylic acids is 2. The number of thiazole rings is 1. The number of ether oxygens (including phenoxy) is 1. The summed E-state index contributed by atoms with van der Waals surface area (Å²) in [4.78, 5) is 32.4. The Morgan fingerprint density at radius 2 is 1.90 bits per heavy atom. The second kappa shape index (κ2) is 8.70. The van der Waals surface area contributed by atoms with E-state index in [4.69, 9.17) is 4.74 Å². The Balaban J connectivity index is 1.48. The standard InChI is InChI=1S/C23H24N2O3S2/c1-14-8-9-18(10-15(14)2)25(16(3)26)23-24-17(12-30-23)11-28-22(27)20-13-29-21-7-5-4-6-19(20)21/h8-10,12-13H,4-7,11H2,1-3H3. The Labute approximate surface area is 184 Å². The van der Waals surface area contributed by atoms with Gasteiger partial charge in [0.05, 0.1) is 16.9 Å². The Morgan fingerprint density at radius 1 is 1.10 bits per heavy atom. The molecule has 0 saturated heterocycles. The molecule has 0 fully saturated rings. The topological polar surface area (TPSA) is 59.5 Å². The third kappa shape index (κ3) is 4.18. The molecule has 0 saturated carbocycles. The van der Waals surface area contributed by atoms with Crippen LogP contribution in [-0.2, 0) is 29.0 Å². The summed E-state index contributed by atoms with van der Waals surface area (Å²) in [6.07, 6.45) is 4.32. The highest BCUT2D eigenvalue weighted by molar-refractivity contribution is 7.14.